The summed E-state index contributed by atoms with van der Waals surface area (Å²) in [6.07, 6.45) is 3.14. The van der Waals surface area contributed by atoms with Crippen molar-refractivity contribution in [3.05, 3.63) is 0 Å². The molecule has 0 aromatic carbocycles. The molecule has 0 radical (unpaired) electrons. The number of likely N-dealkylation sites (tertiary alicyclic amines) is 1. The van der Waals surface area contributed by atoms with E-state index in [1.807, 2.05) is 0 Å². The molecule has 1 rings (SSSR count). The van der Waals surface area contributed by atoms with Crippen molar-refractivity contribution < 1.29 is 5.11 Å². The molecule has 1 fully saturated rings. The van der Waals surface area contributed by atoms with Crippen molar-refractivity contribution in [3.8, 4) is 0 Å². The molecular weight excluding hydrogens is 188 g/mol. The summed E-state index contributed by atoms with van der Waals surface area (Å²) in [7, 11) is 0. The molecule has 90 valence electrons. The third-order valence-electron chi connectivity index (χ3n) is 3.63. The van der Waals surface area contributed by atoms with Gasteiger partial charge in [-0.1, -0.05) is 13.8 Å². The van der Waals surface area contributed by atoms with Gasteiger partial charge in [0.25, 0.3) is 0 Å². The van der Waals surface area contributed by atoms with Crippen LogP contribution in [0.2, 0.25) is 0 Å². The zero-order chi connectivity index (χ0) is 11.3. The normalized spacial score (nSPS) is 22.2. The molecule has 0 aromatic heterocycles. The van der Waals surface area contributed by atoms with Gasteiger partial charge in [-0.2, -0.15) is 0 Å². The van der Waals surface area contributed by atoms with Crippen molar-refractivity contribution in [3.63, 3.8) is 0 Å². The minimum absolute atomic E-state index is 0.312. The summed E-state index contributed by atoms with van der Waals surface area (Å²) in [6, 6.07) is 0. The predicted molar refractivity (Wildman–Crippen MR) is 63.7 cm³/mol. The Bertz CT molecular complexity index is 165. The van der Waals surface area contributed by atoms with Crippen LogP contribution >= 0.6 is 0 Å². The molecular formula is C12H26N2O. The number of aliphatic hydroxyl groups is 1. The molecule has 15 heavy (non-hydrogen) atoms. The van der Waals surface area contributed by atoms with E-state index < -0.39 is 0 Å². The molecule has 0 aliphatic carbocycles. The number of hydrogen-bond acceptors (Lipinski definition) is 3. The fourth-order valence-electron chi connectivity index (χ4n) is 2.29. The van der Waals surface area contributed by atoms with Gasteiger partial charge in [0.1, 0.15) is 0 Å². The number of rotatable bonds is 5. The van der Waals surface area contributed by atoms with Crippen molar-refractivity contribution in [2.75, 3.05) is 26.2 Å². The van der Waals surface area contributed by atoms with E-state index >= 15 is 0 Å². The molecule has 0 spiro atoms. The smallest absolute Gasteiger partial charge is 0.0674 e. The highest BCUT2D eigenvalue weighted by Crippen LogP contribution is 2.24. The van der Waals surface area contributed by atoms with Gasteiger partial charge < -0.3 is 15.7 Å². The van der Waals surface area contributed by atoms with Gasteiger partial charge in [-0.25, -0.2) is 0 Å². The lowest BCUT2D eigenvalue weighted by atomic mass is 9.87. The summed E-state index contributed by atoms with van der Waals surface area (Å²) in [5.74, 6) is 1.72. The van der Waals surface area contributed by atoms with Crippen LogP contribution < -0.4 is 5.73 Å². The van der Waals surface area contributed by atoms with Crippen LogP contribution in [0.25, 0.3) is 0 Å². The van der Waals surface area contributed by atoms with Gasteiger partial charge in [0.05, 0.1) is 6.10 Å². The second-order valence-electron chi connectivity index (χ2n) is 5.10. The Kier molecular flexibility index (Phi) is 5.58. The molecule has 3 nitrogen and oxygen atoms in total. The van der Waals surface area contributed by atoms with Crippen LogP contribution in [0.3, 0.4) is 0 Å². The fourth-order valence-corrected chi connectivity index (χ4v) is 2.29. The second kappa shape index (κ2) is 6.46. The first kappa shape index (κ1) is 12.9. The Morgan fingerprint density at radius 3 is 2.40 bits per heavy atom. The quantitative estimate of drug-likeness (QED) is 0.719. The first-order valence-corrected chi connectivity index (χ1v) is 6.24. The van der Waals surface area contributed by atoms with E-state index in [2.05, 4.69) is 18.7 Å². The number of aliphatic hydroxyl groups excluding tert-OH is 1. The zero-order valence-corrected chi connectivity index (χ0v) is 10.2. The van der Waals surface area contributed by atoms with E-state index in [0.29, 0.717) is 6.54 Å². The molecule has 1 atom stereocenters. The van der Waals surface area contributed by atoms with Crippen LogP contribution in [0, 0.1) is 11.8 Å². The van der Waals surface area contributed by atoms with E-state index in [0.717, 1.165) is 24.8 Å². The molecule has 3 N–H and O–H groups in total. The number of hydrogen-bond donors (Lipinski definition) is 2. The Morgan fingerprint density at radius 1 is 1.33 bits per heavy atom. The lowest BCUT2D eigenvalue weighted by molar-refractivity contribution is 0.118. The van der Waals surface area contributed by atoms with E-state index in [1.165, 1.54) is 25.9 Å². The summed E-state index contributed by atoms with van der Waals surface area (Å²) in [5, 5.41) is 9.38. The Hall–Kier alpha value is -0.120. The largest absolute Gasteiger partial charge is 0.392 e. The van der Waals surface area contributed by atoms with Gasteiger partial charge in [0, 0.05) is 13.1 Å². The minimum atomic E-state index is -0.312. The minimum Gasteiger partial charge on any atom is -0.392 e. The molecule has 0 saturated carbocycles. The molecule has 0 aromatic rings. The van der Waals surface area contributed by atoms with Crippen LogP contribution in [-0.2, 0) is 0 Å². The molecule has 3 heteroatoms. The molecule has 1 unspecified atom stereocenters. The standard InChI is InChI=1S/C12H26N2O/c1-10(2)11-3-6-14(7-4-11)8-5-12(15)9-13/h10-12,15H,3-9,13H2,1-2H3. The van der Waals surface area contributed by atoms with Crippen LogP contribution in [0.4, 0.5) is 0 Å². The molecule has 1 heterocycles. The Morgan fingerprint density at radius 2 is 1.93 bits per heavy atom. The van der Waals surface area contributed by atoms with Gasteiger partial charge in [-0.05, 0) is 44.2 Å². The molecule has 1 saturated heterocycles. The maximum atomic E-state index is 9.38. The third-order valence-corrected chi connectivity index (χ3v) is 3.63. The second-order valence-corrected chi connectivity index (χ2v) is 5.10. The van der Waals surface area contributed by atoms with Crippen LogP contribution in [0.15, 0.2) is 0 Å². The van der Waals surface area contributed by atoms with Crippen LogP contribution in [-0.4, -0.2) is 42.3 Å². The molecule has 1 aliphatic heterocycles. The predicted octanol–water partition coefficient (Wildman–Crippen LogP) is 1.06. The number of nitrogens with zero attached hydrogens (tertiary/aromatic N) is 1. The lowest BCUT2D eigenvalue weighted by Gasteiger charge is -2.34. The molecule has 0 bridgehead atoms. The van der Waals surface area contributed by atoms with E-state index in [1.54, 1.807) is 0 Å². The van der Waals surface area contributed by atoms with Gasteiger partial charge in [0.15, 0.2) is 0 Å². The summed E-state index contributed by atoms with van der Waals surface area (Å²) in [4.78, 5) is 2.46. The monoisotopic (exact) mass is 214 g/mol. The van der Waals surface area contributed by atoms with Gasteiger partial charge in [0.2, 0.25) is 0 Å². The van der Waals surface area contributed by atoms with E-state index in [9.17, 15) is 5.11 Å². The lowest BCUT2D eigenvalue weighted by Crippen LogP contribution is -2.37. The first-order valence-electron chi connectivity index (χ1n) is 6.24. The average molecular weight is 214 g/mol. The molecule has 0 amide bonds. The maximum Gasteiger partial charge on any atom is 0.0674 e. The van der Waals surface area contributed by atoms with Crippen molar-refractivity contribution >= 4 is 0 Å². The highest BCUT2D eigenvalue weighted by Gasteiger charge is 2.21. The highest BCUT2D eigenvalue weighted by molar-refractivity contribution is 4.74. The van der Waals surface area contributed by atoms with Crippen molar-refractivity contribution in [2.45, 2.75) is 39.2 Å². The van der Waals surface area contributed by atoms with Gasteiger partial charge in [-0.3, -0.25) is 0 Å². The number of nitrogens with two attached hydrogens (primary N) is 1. The van der Waals surface area contributed by atoms with Crippen molar-refractivity contribution in [2.24, 2.45) is 17.6 Å². The topological polar surface area (TPSA) is 49.5 Å². The van der Waals surface area contributed by atoms with Crippen LogP contribution in [0.5, 0.6) is 0 Å². The zero-order valence-electron chi connectivity index (χ0n) is 10.2. The SMILES string of the molecule is CC(C)C1CCN(CCC(O)CN)CC1. The summed E-state index contributed by atoms with van der Waals surface area (Å²) >= 11 is 0. The van der Waals surface area contributed by atoms with Crippen molar-refractivity contribution in [1.82, 2.24) is 4.90 Å². The number of piperidine rings is 1. The van der Waals surface area contributed by atoms with E-state index in [4.69, 9.17) is 5.73 Å². The molecule has 1 aliphatic rings. The van der Waals surface area contributed by atoms with Crippen molar-refractivity contribution in [1.29, 1.82) is 0 Å². The van der Waals surface area contributed by atoms with Gasteiger partial charge >= 0.3 is 0 Å². The summed E-state index contributed by atoms with van der Waals surface area (Å²) in [5.41, 5.74) is 5.38. The third kappa shape index (κ3) is 4.49. The van der Waals surface area contributed by atoms with Gasteiger partial charge in [-0.15, -0.1) is 0 Å². The van der Waals surface area contributed by atoms with E-state index in [-0.39, 0.29) is 6.10 Å². The highest BCUT2D eigenvalue weighted by atomic mass is 16.3. The summed E-state index contributed by atoms with van der Waals surface area (Å²) in [6.45, 7) is 8.42. The summed E-state index contributed by atoms with van der Waals surface area (Å²) < 4.78 is 0. The Balaban J connectivity index is 2.14. The fraction of sp³-hybridized carbons (Fsp3) is 1.00. The first-order chi connectivity index (χ1) is 7.13. The maximum absolute atomic E-state index is 9.38. The average Bonchev–Trinajstić information content (AvgIpc) is 2.26. The van der Waals surface area contributed by atoms with Crippen LogP contribution in [0.1, 0.15) is 33.1 Å². The Labute approximate surface area is 93.6 Å².